The van der Waals surface area contributed by atoms with Gasteiger partial charge in [-0.2, -0.15) is 0 Å². The number of aryl methyl sites for hydroxylation is 1. The number of carbonyl (C=O) groups is 2. The molecule has 1 fully saturated rings. The third-order valence-electron chi connectivity index (χ3n) is 4.28. The molecule has 138 valence electrons. The molecule has 1 aliphatic rings. The van der Waals surface area contributed by atoms with Crippen molar-refractivity contribution in [3.05, 3.63) is 33.6 Å². The number of fused-ring (bicyclic) bond motifs is 1. The Morgan fingerprint density at radius 3 is 2.65 bits per heavy atom. The molecule has 4 N–H and O–H groups in total. The number of hydrogen-bond donors (Lipinski definition) is 4. The lowest BCUT2D eigenvalue weighted by molar-refractivity contribution is -0.135. The number of hydrogen-bond acceptors (Lipinski definition) is 6. The first kappa shape index (κ1) is 17.7. The Kier molecular flexibility index (Phi) is 4.81. The van der Waals surface area contributed by atoms with Crippen LogP contribution in [-0.2, 0) is 9.53 Å². The molecule has 0 bridgehead atoms. The second-order valence-electron chi connectivity index (χ2n) is 6.04. The number of ether oxygens (including phenoxy) is 1. The number of pyridine rings is 1. The zero-order valence-electron chi connectivity index (χ0n) is 14.2. The molecule has 0 aliphatic carbocycles. The number of aliphatic carboxylic acids is 1. The van der Waals surface area contributed by atoms with Gasteiger partial charge in [-0.05, 0) is 24.6 Å². The van der Waals surface area contributed by atoms with Gasteiger partial charge in [0.2, 0.25) is 0 Å². The quantitative estimate of drug-likeness (QED) is 0.611. The second-order valence-corrected chi connectivity index (χ2v) is 6.04. The number of aromatic amines is 1. The molecule has 3 rings (SSSR count). The van der Waals surface area contributed by atoms with Crippen LogP contribution in [0, 0.1) is 6.92 Å². The van der Waals surface area contributed by atoms with Crippen LogP contribution >= 0.6 is 0 Å². The zero-order valence-corrected chi connectivity index (χ0v) is 14.2. The molecule has 0 unspecified atom stereocenters. The highest BCUT2D eigenvalue weighted by atomic mass is 16.5. The zero-order chi connectivity index (χ0) is 18.8. The van der Waals surface area contributed by atoms with Crippen LogP contribution < -0.4 is 15.8 Å². The molecule has 0 radical (unpaired) electrons. The lowest BCUT2D eigenvalue weighted by Gasteiger charge is -2.29. The fourth-order valence-corrected chi connectivity index (χ4v) is 3.00. The number of nitrogens with zero attached hydrogens (tertiary/aromatic N) is 1. The third-order valence-corrected chi connectivity index (χ3v) is 4.28. The number of nitrogens with one attached hydrogen (secondary N) is 2. The van der Waals surface area contributed by atoms with E-state index in [2.05, 4.69) is 15.2 Å². The lowest BCUT2D eigenvalue weighted by atomic mass is 10.0. The molecule has 9 heteroatoms. The number of aromatic nitrogens is 1. The number of benzene rings is 1. The molecule has 2 heterocycles. The van der Waals surface area contributed by atoms with Crippen LogP contribution in [0.4, 0.5) is 5.69 Å². The van der Waals surface area contributed by atoms with Crippen LogP contribution in [0.1, 0.15) is 15.9 Å². The van der Waals surface area contributed by atoms with E-state index in [-0.39, 0.29) is 0 Å². The molecule has 26 heavy (non-hydrogen) atoms. The van der Waals surface area contributed by atoms with Gasteiger partial charge in [0.25, 0.3) is 11.5 Å². The van der Waals surface area contributed by atoms with Crippen LogP contribution in [0.15, 0.2) is 16.9 Å². The van der Waals surface area contributed by atoms with E-state index in [9.17, 15) is 19.5 Å². The van der Waals surface area contributed by atoms with Crippen molar-refractivity contribution in [2.24, 2.45) is 0 Å². The molecule has 1 aromatic heterocycles. The van der Waals surface area contributed by atoms with Crippen molar-refractivity contribution in [3.63, 3.8) is 0 Å². The second kappa shape index (κ2) is 7.04. The van der Waals surface area contributed by atoms with Crippen LogP contribution in [0.3, 0.4) is 0 Å². The van der Waals surface area contributed by atoms with Crippen LogP contribution in [0.2, 0.25) is 0 Å². The summed E-state index contributed by atoms with van der Waals surface area (Å²) < 4.78 is 5.34. The van der Waals surface area contributed by atoms with Crippen LogP contribution in [-0.4, -0.2) is 59.9 Å². The molecule has 1 amide bonds. The van der Waals surface area contributed by atoms with Crippen molar-refractivity contribution in [1.82, 2.24) is 10.3 Å². The van der Waals surface area contributed by atoms with Gasteiger partial charge >= 0.3 is 5.97 Å². The highest BCUT2D eigenvalue weighted by Gasteiger charge is 2.22. The van der Waals surface area contributed by atoms with Crippen molar-refractivity contribution in [3.8, 4) is 5.75 Å². The summed E-state index contributed by atoms with van der Waals surface area (Å²) in [6.07, 6.45) is 0. The summed E-state index contributed by atoms with van der Waals surface area (Å²) in [4.78, 5) is 39.6. The molecular weight excluding hydrogens is 342 g/mol. The maximum Gasteiger partial charge on any atom is 0.322 e. The van der Waals surface area contributed by atoms with E-state index < -0.39 is 35.3 Å². The fraction of sp³-hybridized carbons (Fsp3) is 0.353. The summed E-state index contributed by atoms with van der Waals surface area (Å²) in [5, 5.41) is 21.6. The van der Waals surface area contributed by atoms with E-state index in [4.69, 9.17) is 9.84 Å². The summed E-state index contributed by atoms with van der Waals surface area (Å²) in [5.74, 6) is -2.66. The average molecular weight is 361 g/mol. The molecule has 1 aromatic carbocycles. The first-order valence-corrected chi connectivity index (χ1v) is 8.10. The topological polar surface area (TPSA) is 132 Å². The minimum absolute atomic E-state index is 0.326. The van der Waals surface area contributed by atoms with Gasteiger partial charge in [0.1, 0.15) is 17.9 Å². The molecule has 1 saturated heterocycles. The highest BCUT2D eigenvalue weighted by Crippen LogP contribution is 2.31. The normalized spacial score (nSPS) is 14.4. The number of H-pyrrole nitrogens is 1. The van der Waals surface area contributed by atoms with E-state index in [0.29, 0.717) is 37.2 Å². The third kappa shape index (κ3) is 3.33. The van der Waals surface area contributed by atoms with Gasteiger partial charge in [-0.25, -0.2) is 0 Å². The maximum absolute atomic E-state index is 12.2. The van der Waals surface area contributed by atoms with Gasteiger partial charge in [0.15, 0.2) is 0 Å². The summed E-state index contributed by atoms with van der Waals surface area (Å²) in [5.41, 5.74) is 0.739. The standard InChI is InChI=1S/C17H19N3O6/c1-9-6-10(20-2-4-26-5-3-20)7-11-14(9)19-17(25)13(15(11)23)16(24)18-8-12(21)22/h6-7H,2-5,8H2,1H3,(H,18,24)(H,21,22)(H2,19,23,25). The number of morpholine rings is 1. The van der Waals surface area contributed by atoms with E-state index in [1.165, 1.54) is 0 Å². The predicted octanol–water partition coefficient (Wildman–Crippen LogP) is 0.193. The Morgan fingerprint density at radius 1 is 1.31 bits per heavy atom. The Balaban J connectivity index is 2.09. The first-order chi connectivity index (χ1) is 12.4. The molecular formula is C17H19N3O6. The molecule has 0 spiro atoms. The number of anilines is 1. The Bertz CT molecular complexity index is 930. The van der Waals surface area contributed by atoms with Gasteiger partial charge in [0, 0.05) is 24.2 Å². The number of aromatic hydroxyl groups is 1. The molecule has 9 nitrogen and oxygen atoms in total. The van der Waals surface area contributed by atoms with Crippen molar-refractivity contribution >= 4 is 28.5 Å². The van der Waals surface area contributed by atoms with Crippen molar-refractivity contribution < 1.29 is 24.5 Å². The monoisotopic (exact) mass is 361 g/mol. The van der Waals surface area contributed by atoms with Crippen LogP contribution in [0.25, 0.3) is 10.9 Å². The van der Waals surface area contributed by atoms with Gasteiger partial charge < -0.3 is 30.2 Å². The molecule has 1 aliphatic heterocycles. The van der Waals surface area contributed by atoms with E-state index in [1.54, 1.807) is 13.0 Å². The van der Waals surface area contributed by atoms with Gasteiger partial charge in [-0.15, -0.1) is 0 Å². The number of rotatable bonds is 4. The molecule has 0 saturated carbocycles. The Morgan fingerprint density at radius 2 is 2.00 bits per heavy atom. The van der Waals surface area contributed by atoms with Crippen molar-refractivity contribution in [2.75, 3.05) is 37.7 Å². The van der Waals surface area contributed by atoms with E-state index in [1.807, 2.05) is 6.07 Å². The fourth-order valence-electron chi connectivity index (χ4n) is 3.00. The number of carboxylic acids is 1. The first-order valence-electron chi connectivity index (χ1n) is 8.10. The summed E-state index contributed by atoms with van der Waals surface area (Å²) >= 11 is 0. The minimum atomic E-state index is -1.25. The van der Waals surface area contributed by atoms with Gasteiger partial charge in [-0.1, -0.05) is 0 Å². The van der Waals surface area contributed by atoms with Gasteiger partial charge in [0.05, 0.1) is 18.7 Å². The molecule has 2 aromatic rings. The SMILES string of the molecule is Cc1cc(N2CCOCC2)cc2c(O)c(C(=O)NCC(=O)O)c(=O)[nH]c12. The average Bonchev–Trinajstić information content (AvgIpc) is 2.61. The van der Waals surface area contributed by atoms with Gasteiger partial charge in [-0.3, -0.25) is 14.4 Å². The van der Waals surface area contributed by atoms with Crippen molar-refractivity contribution in [1.29, 1.82) is 0 Å². The maximum atomic E-state index is 12.2. The summed E-state index contributed by atoms with van der Waals surface area (Å²) in [6.45, 7) is 3.73. The largest absolute Gasteiger partial charge is 0.506 e. The Labute approximate surface area is 148 Å². The van der Waals surface area contributed by atoms with E-state index >= 15 is 0 Å². The lowest BCUT2D eigenvalue weighted by Crippen LogP contribution is -2.36. The van der Waals surface area contributed by atoms with Crippen molar-refractivity contribution in [2.45, 2.75) is 6.92 Å². The summed E-state index contributed by atoms with van der Waals surface area (Å²) in [6, 6.07) is 3.60. The number of carboxylic acid groups (broad SMARTS) is 1. The predicted molar refractivity (Wildman–Crippen MR) is 94.0 cm³/mol. The summed E-state index contributed by atoms with van der Waals surface area (Å²) in [7, 11) is 0. The van der Waals surface area contributed by atoms with E-state index in [0.717, 1.165) is 11.3 Å². The number of amides is 1. The molecule has 0 atom stereocenters. The highest BCUT2D eigenvalue weighted by molar-refractivity contribution is 6.04. The number of carbonyl (C=O) groups excluding carboxylic acids is 1. The smallest absolute Gasteiger partial charge is 0.322 e. The Hall–Kier alpha value is -3.07. The van der Waals surface area contributed by atoms with Crippen LogP contribution in [0.5, 0.6) is 5.75 Å². The minimum Gasteiger partial charge on any atom is -0.506 e.